The van der Waals surface area contributed by atoms with E-state index in [1.165, 1.54) is 11.3 Å². The summed E-state index contributed by atoms with van der Waals surface area (Å²) < 4.78 is 0. The summed E-state index contributed by atoms with van der Waals surface area (Å²) in [6, 6.07) is 13.2. The number of carboxylic acid groups (broad SMARTS) is 1. The highest BCUT2D eigenvalue weighted by Gasteiger charge is 2.28. The molecule has 2 heterocycles. The number of aliphatic hydroxyl groups is 1. The third-order valence-corrected chi connectivity index (χ3v) is 6.75. The van der Waals surface area contributed by atoms with Gasteiger partial charge in [-0.25, -0.2) is 4.79 Å². The summed E-state index contributed by atoms with van der Waals surface area (Å²) in [6.45, 7) is 2.60. The number of amides is 1. The second-order valence-corrected chi connectivity index (χ2v) is 9.26. The first-order chi connectivity index (χ1) is 15.4. The molecule has 3 rings (SSSR count). The molecule has 1 amide bonds. The number of aromatic carboxylic acids is 1. The molecule has 6 heteroatoms. The summed E-state index contributed by atoms with van der Waals surface area (Å²) in [6.07, 6.45) is 6.53. The number of aliphatic hydroxyl groups excluding tert-OH is 1. The number of benzene rings is 1. The van der Waals surface area contributed by atoms with Gasteiger partial charge in [-0.15, -0.1) is 11.3 Å². The average Bonchev–Trinajstić information content (AvgIpc) is 3.40. The minimum atomic E-state index is -0.903. The Kier molecular flexibility index (Phi) is 8.66. The van der Waals surface area contributed by atoms with Gasteiger partial charge in [-0.3, -0.25) is 4.79 Å². The summed E-state index contributed by atoms with van der Waals surface area (Å²) in [5, 5.41) is 19.5. The number of carbonyl (C=O) groups excluding carboxylic acids is 1. The van der Waals surface area contributed by atoms with Crippen molar-refractivity contribution in [3.63, 3.8) is 0 Å². The molecular formula is C26H29NO4S. The lowest BCUT2D eigenvalue weighted by atomic mass is 9.99. The Morgan fingerprint density at radius 1 is 1.28 bits per heavy atom. The summed E-state index contributed by atoms with van der Waals surface area (Å²) in [4.78, 5) is 26.5. The van der Waals surface area contributed by atoms with E-state index in [4.69, 9.17) is 5.11 Å². The lowest BCUT2D eigenvalue weighted by Crippen LogP contribution is -2.33. The molecule has 0 saturated carbocycles. The van der Waals surface area contributed by atoms with Gasteiger partial charge in [0.05, 0.1) is 12.1 Å². The summed E-state index contributed by atoms with van der Waals surface area (Å²) >= 11 is 1.29. The Balaban J connectivity index is 1.48. The fourth-order valence-corrected chi connectivity index (χ4v) is 4.57. The zero-order chi connectivity index (χ0) is 22.9. The highest BCUT2D eigenvalue weighted by molar-refractivity contribution is 7.13. The lowest BCUT2D eigenvalue weighted by Gasteiger charge is -2.23. The Morgan fingerprint density at radius 3 is 2.78 bits per heavy atom. The van der Waals surface area contributed by atoms with E-state index in [-0.39, 0.29) is 17.9 Å². The molecule has 5 nitrogen and oxygen atoms in total. The van der Waals surface area contributed by atoms with E-state index in [0.29, 0.717) is 24.3 Å². The highest BCUT2D eigenvalue weighted by atomic mass is 32.1. The van der Waals surface area contributed by atoms with Crippen LogP contribution in [0.25, 0.3) is 0 Å². The standard InChI is InChI=1S/C26H29NO4S/c1-19(7-5-10-20-8-3-2-4-9-20)23(28)15-12-21-13-17-25(29)27(21)18-6-11-22-14-16-24(32-22)26(30)31/h2-4,8-9,12,14-16,19,21,23,28H,6-7,11,13,17-18H2,1H3,(H,30,31)/b15-12+/t19?,21-,23+/m0/s1. The number of hydrogen-bond donors (Lipinski definition) is 2. The molecule has 1 aliphatic heterocycles. The van der Waals surface area contributed by atoms with Crippen LogP contribution in [-0.4, -0.2) is 45.7 Å². The molecule has 32 heavy (non-hydrogen) atoms. The molecule has 168 valence electrons. The molecule has 1 aromatic heterocycles. The van der Waals surface area contributed by atoms with Crippen LogP contribution >= 0.6 is 11.3 Å². The van der Waals surface area contributed by atoms with Gasteiger partial charge in [-0.2, -0.15) is 0 Å². The molecule has 0 spiro atoms. The zero-order valence-electron chi connectivity index (χ0n) is 18.2. The van der Waals surface area contributed by atoms with E-state index in [2.05, 4.69) is 11.8 Å². The number of aryl methyl sites for hydroxylation is 1. The van der Waals surface area contributed by atoms with Crippen molar-refractivity contribution in [3.8, 4) is 11.8 Å². The van der Waals surface area contributed by atoms with Gasteiger partial charge in [-0.1, -0.05) is 49.1 Å². The molecule has 1 fully saturated rings. The average molecular weight is 452 g/mol. The van der Waals surface area contributed by atoms with Crippen LogP contribution in [0.2, 0.25) is 0 Å². The minimum Gasteiger partial charge on any atom is -0.477 e. The maximum absolute atomic E-state index is 12.3. The summed E-state index contributed by atoms with van der Waals surface area (Å²) in [5.74, 6) is 5.47. The fraction of sp³-hybridized carbons (Fsp3) is 0.385. The van der Waals surface area contributed by atoms with Crippen molar-refractivity contribution in [2.24, 2.45) is 5.92 Å². The number of rotatable bonds is 9. The molecule has 2 N–H and O–H groups in total. The van der Waals surface area contributed by atoms with Crippen molar-refractivity contribution < 1.29 is 19.8 Å². The van der Waals surface area contributed by atoms with Gasteiger partial charge in [0.2, 0.25) is 5.91 Å². The predicted molar refractivity (Wildman–Crippen MR) is 127 cm³/mol. The van der Waals surface area contributed by atoms with Crippen LogP contribution in [0, 0.1) is 17.8 Å². The number of hydrogen-bond acceptors (Lipinski definition) is 4. The maximum Gasteiger partial charge on any atom is 0.345 e. The van der Waals surface area contributed by atoms with E-state index in [1.807, 2.05) is 54.3 Å². The summed E-state index contributed by atoms with van der Waals surface area (Å²) in [5.41, 5.74) is 0.964. The van der Waals surface area contributed by atoms with Gasteiger partial charge in [-0.05, 0) is 49.4 Å². The van der Waals surface area contributed by atoms with Crippen molar-refractivity contribution in [1.82, 2.24) is 4.90 Å². The van der Waals surface area contributed by atoms with Crippen molar-refractivity contribution in [3.05, 3.63) is 69.9 Å². The van der Waals surface area contributed by atoms with Crippen LogP contribution in [0.1, 0.15) is 52.7 Å². The van der Waals surface area contributed by atoms with E-state index in [9.17, 15) is 14.7 Å². The van der Waals surface area contributed by atoms with Crippen LogP contribution < -0.4 is 0 Å². The third kappa shape index (κ3) is 6.81. The maximum atomic E-state index is 12.3. The second kappa shape index (κ2) is 11.7. The lowest BCUT2D eigenvalue weighted by molar-refractivity contribution is -0.128. The molecular weight excluding hydrogens is 422 g/mol. The highest BCUT2D eigenvalue weighted by Crippen LogP contribution is 2.23. The van der Waals surface area contributed by atoms with Crippen LogP contribution in [-0.2, 0) is 11.2 Å². The molecule has 2 aromatic rings. The quantitative estimate of drug-likeness (QED) is 0.439. The van der Waals surface area contributed by atoms with Gasteiger partial charge in [0.15, 0.2) is 0 Å². The fourth-order valence-electron chi connectivity index (χ4n) is 3.69. The topological polar surface area (TPSA) is 77.8 Å². The van der Waals surface area contributed by atoms with Crippen LogP contribution in [0.15, 0.2) is 54.6 Å². The Hall–Kier alpha value is -2.88. The number of thiophene rings is 1. The van der Waals surface area contributed by atoms with Gasteiger partial charge in [0.1, 0.15) is 4.88 Å². The van der Waals surface area contributed by atoms with E-state index in [0.717, 1.165) is 29.7 Å². The monoisotopic (exact) mass is 451 g/mol. The Labute approximate surface area is 193 Å². The summed E-state index contributed by atoms with van der Waals surface area (Å²) in [7, 11) is 0. The Morgan fingerprint density at radius 2 is 2.06 bits per heavy atom. The Bertz CT molecular complexity index is 1000. The molecule has 0 radical (unpaired) electrons. The van der Waals surface area contributed by atoms with Crippen molar-refractivity contribution in [1.29, 1.82) is 0 Å². The number of carboxylic acids is 1. The number of carbonyl (C=O) groups is 2. The largest absolute Gasteiger partial charge is 0.477 e. The van der Waals surface area contributed by atoms with E-state index in [1.54, 1.807) is 12.1 Å². The normalized spacial score (nSPS) is 17.9. The van der Waals surface area contributed by atoms with Crippen LogP contribution in [0.3, 0.4) is 0 Å². The van der Waals surface area contributed by atoms with Gasteiger partial charge in [0.25, 0.3) is 0 Å². The van der Waals surface area contributed by atoms with Gasteiger partial charge < -0.3 is 15.1 Å². The van der Waals surface area contributed by atoms with Crippen LogP contribution in [0.5, 0.6) is 0 Å². The van der Waals surface area contributed by atoms with E-state index >= 15 is 0 Å². The molecule has 0 aliphatic carbocycles. The first kappa shape index (κ1) is 23.8. The minimum absolute atomic E-state index is 0.00216. The van der Waals surface area contributed by atoms with Crippen molar-refractivity contribution >= 4 is 23.2 Å². The second-order valence-electron chi connectivity index (χ2n) is 8.09. The zero-order valence-corrected chi connectivity index (χ0v) is 19.1. The third-order valence-electron chi connectivity index (χ3n) is 5.61. The van der Waals surface area contributed by atoms with Crippen LogP contribution in [0.4, 0.5) is 0 Å². The molecule has 1 aromatic carbocycles. The number of likely N-dealkylation sites (tertiary alicyclic amines) is 1. The van der Waals surface area contributed by atoms with Crippen molar-refractivity contribution in [2.45, 2.75) is 51.2 Å². The molecule has 0 bridgehead atoms. The number of nitrogens with zero attached hydrogens (tertiary/aromatic N) is 1. The molecule has 3 atom stereocenters. The predicted octanol–water partition coefficient (Wildman–Crippen LogP) is 4.36. The molecule has 1 unspecified atom stereocenters. The van der Waals surface area contributed by atoms with Gasteiger partial charge in [0, 0.05) is 29.8 Å². The van der Waals surface area contributed by atoms with Gasteiger partial charge >= 0.3 is 5.97 Å². The van der Waals surface area contributed by atoms with E-state index < -0.39 is 12.1 Å². The van der Waals surface area contributed by atoms with Crippen molar-refractivity contribution in [2.75, 3.05) is 6.54 Å². The first-order valence-electron chi connectivity index (χ1n) is 11.0. The smallest absolute Gasteiger partial charge is 0.345 e. The SMILES string of the molecule is CC(CC#Cc1ccccc1)[C@H](O)/C=C/[C@H]1CCC(=O)N1CCCc1ccc(C(=O)O)s1. The molecule has 1 aliphatic rings. The molecule has 1 saturated heterocycles. The first-order valence-corrected chi connectivity index (χ1v) is 11.8.